The van der Waals surface area contributed by atoms with Crippen LogP contribution < -0.4 is 10.1 Å². The minimum atomic E-state index is -3.26. The van der Waals surface area contributed by atoms with Gasteiger partial charge < -0.3 is 10.1 Å². The molecule has 0 bridgehead atoms. The van der Waals surface area contributed by atoms with Crippen LogP contribution in [0.1, 0.15) is 12.8 Å². The van der Waals surface area contributed by atoms with Crippen molar-refractivity contribution in [1.29, 1.82) is 0 Å². The molecule has 1 saturated heterocycles. The minimum Gasteiger partial charge on any atom is -0.457 e. The van der Waals surface area contributed by atoms with Gasteiger partial charge in [-0.3, -0.25) is 4.79 Å². The Bertz CT molecular complexity index is 851. The highest BCUT2D eigenvalue weighted by Crippen LogP contribution is 2.24. The maximum Gasteiger partial charge on any atom is 0.228 e. The number of benzene rings is 2. The lowest BCUT2D eigenvalue weighted by Gasteiger charge is -2.30. The van der Waals surface area contributed by atoms with Crippen LogP contribution in [0.4, 0.5) is 5.69 Å². The van der Waals surface area contributed by atoms with E-state index in [0.717, 1.165) is 5.75 Å². The molecule has 6 nitrogen and oxygen atoms in total. The molecule has 0 spiro atoms. The standard InChI is InChI=1S/C19H22N2O4S/c1-26(23,24)21-13-5-6-15(14-21)19(22)20-16-9-11-18(12-10-16)25-17-7-3-2-4-8-17/h2-4,7-12,15H,5-6,13-14H2,1H3,(H,20,22)/t15-/m0/s1. The van der Waals surface area contributed by atoms with Crippen LogP contribution in [0.3, 0.4) is 0 Å². The lowest BCUT2D eigenvalue weighted by atomic mass is 9.99. The highest BCUT2D eigenvalue weighted by molar-refractivity contribution is 7.88. The van der Waals surface area contributed by atoms with Gasteiger partial charge >= 0.3 is 0 Å². The molecule has 0 aromatic heterocycles. The Morgan fingerprint density at radius 3 is 2.38 bits per heavy atom. The summed E-state index contributed by atoms with van der Waals surface area (Å²) in [5.74, 6) is 0.927. The summed E-state index contributed by atoms with van der Waals surface area (Å²) in [7, 11) is -3.26. The van der Waals surface area contributed by atoms with Gasteiger partial charge in [0.05, 0.1) is 12.2 Å². The molecule has 0 aliphatic carbocycles. The smallest absolute Gasteiger partial charge is 0.228 e. The van der Waals surface area contributed by atoms with Gasteiger partial charge in [-0.1, -0.05) is 18.2 Å². The Hall–Kier alpha value is -2.38. The molecular formula is C19H22N2O4S. The van der Waals surface area contributed by atoms with Crippen LogP contribution in [0.5, 0.6) is 11.5 Å². The average Bonchev–Trinajstić information content (AvgIpc) is 2.63. The molecule has 3 rings (SSSR count). The molecule has 2 aromatic rings. The summed E-state index contributed by atoms with van der Waals surface area (Å²) in [4.78, 5) is 12.5. The molecule has 2 aromatic carbocycles. The van der Waals surface area contributed by atoms with Crippen LogP contribution in [-0.4, -0.2) is 38.0 Å². The second-order valence-electron chi connectivity index (χ2n) is 6.39. The summed E-state index contributed by atoms with van der Waals surface area (Å²) >= 11 is 0. The van der Waals surface area contributed by atoms with Gasteiger partial charge in [0, 0.05) is 18.8 Å². The zero-order chi connectivity index (χ0) is 18.6. The number of rotatable bonds is 5. The number of piperidine rings is 1. The predicted molar refractivity (Wildman–Crippen MR) is 101 cm³/mol. The second kappa shape index (κ2) is 7.88. The van der Waals surface area contributed by atoms with Gasteiger partial charge in [-0.25, -0.2) is 12.7 Å². The highest BCUT2D eigenvalue weighted by Gasteiger charge is 2.30. The number of nitrogens with zero attached hydrogens (tertiary/aromatic N) is 1. The molecule has 0 unspecified atom stereocenters. The number of sulfonamides is 1. The first kappa shape index (κ1) is 18.4. The first-order valence-corrected chi connectivity index (χ1v) is 10.4. The molecule has 1 heterocycles. The molecule has 0 saturated carbocycles. The number of anilines is 1. The first-order valence-electron chi connectivity index (χ1n) is 8.51. The third-order valence-corrected chi connectivity index (χ3v) is 5.59. The molecule has 0 radical (unpaired) electrons. The van der Waals surface area contributed by atoms with Gasteiger partial charge in [-0.2, -0.15) is 0 Å². The second-order valence-corrected chi connectivity index (χ2v) is 8.37. The zero-order valence-electron chi connectivity index (χ0n) is 14.6. The Morgan fingerprint density at radius 2 is 1.73 bits per heavy atom. The third kappa shape index (κ3) is 4.83. The summed E-state index contributed by atoms with van der Waals surface area (Å²) in [6, 6.07) is 16.6. The van der Waals surface area contributed by atoms with Crippen molar-refractivity contribution in [3.63, 3.8) is 0 Å². The van der Waals surface area contributed by atoms with Crippen LogP contribution in [-0.2, 0) is 14.8 Å². The van der Waals surface area contributed by atoms with Crippen molar-refractivity contribution in [3.8, 4) is 11.5 Å². The van der Waals surface area contributed by atoms with Crippen LogP contribution in [0, 0.1) is 5.92 Å². The van der Waals surface area contributed by atoms with Crippen LogP contribution in [0.2, 0.25) is 0 Å². The van der Waals surface area contributed by atoms with E-state index in [1.165, 1.54) is 10.6 Å². The Balaban J connectivity index is 1.59. The zero-order valence-corrected chi connectivity index (χ0v) is 15.4. The summed E-state index contributed by atoms with van der Waals surface area (Å²) in [6.45, 7) is 0.716. The molecule has 1 fully saturated rings. The fraction of sp³-hybridized carbons (Fsp3) is 0.316. The quantitative estimate of drug-likeness (QED) is 0.873. The lowest BCUT2D eigenvalue weighted by molar-refractivity contribution is -0.120. The molecule has 1 amide bonds. The topological polar surface area (TPSA) is 75.7 Å². The molecule has 138 valence electrons. The van der Waals surface area contributed by atoms with E-state index in [1.807, 2.05) is 30.3 Å². The normalized spacial score (nSPS) is 18.3. The molecule has 26 heavy (non-hydrogen) atoms. The Labute approximate surface area is 153 Å². The van der Waals surface area contributed by atoms with Gasteiger partial charge in [0.2, 0.25) is 15.9 Å². The first-order chi connectivity index (χ1) is 12.4. The summed E-state index contributed by atoms with van der Waals surface area (Å²) in [6.07, 6.45) is 2.56. The van der Waals surface area contributed by atoms with E-state index in [1.54, 1.807) is 24.3 Å². The van der Waals surface area contributed by atoms with E-state index in [-0.39, 0.29) is 18.4 Å². The van der Waals surface area contributed by atoms with E-state index in [9.17, 15) is 13.2 Å². The SMILES string of the molecule is CS(=O)(=O)N1CCC[C@H](C(=O)Nc2ccc(Oc3ccccc3)cc2)C1. The number of para-hydroxylation sites is 1. The molecule has 7 heteroatoms. The fourth-order valence-electron chi connectivity index (χ4n) is 2.93. The van der Waals surface area contributed by atoms with Crippen molar-refractivity contribution >= 4 is 21.6 Å². The Morgan fingerprint density at radius 1 is 1.08 bits per heavy atom. The number of nitrogens with one attached hydrogen (secondary N) is 1. The van der Waals surface area contributed by atoms with Crippen molar-refractivity contribution < 1.29 is 17.9 Å². The maximum absolute atomic E-state index is 12.5. The number of ether oxygens (including phenoxy) is 1. The molecular weight excluding hydrogens is 352 g/mol. The highest BCUT2D eigenvalue weighted by atomic mass is 32.2. The van der Waals surface area contributed by atoms with Crippen molar-refractivity contribution in [1.82, 2.24) is 4.31 Å². The van der Waals surface area contributed by atoms with Crippen molar-refractivity contribution in [2.75, 3.05) is 24.7 Å². The predicted octanol–water partition coefficient (Wildman–Crippen LogP) is 3.09. The fourth-order valence-corrected chi connectivity index (χ4v) is 3.84. The van der Waals surface area contributed by atoms with Gasteiger partial charge in [0.1, 0.15) is 11.5 Å². The van der Waals surface area contributed by atoms with Crippen molar-refractivity contribution in [3.05, 3.63) is 54.6 Å². The van der Waals surface area contributed by atoms with Crippen molar-refractivity contribution in [2.24, 2.45) is 5.92 Å². The van der Waals surface area contributed by atoms with E-state index >= 15 is 0 Å². The number of hydrogen-bond acceptors (Lipinski definition) is 4. The summed E-state index contributed by atoms with van der Waals surface area (Å²) < 4.78 is 30.5. The van der Waals surface area contributed by atoms with E-state index in [2.05, 4.69) is 5.32 Å². The summed E-state index contributed by atoms with van der Waals surface area (Å²) in [5, 5.41) is 2.86. The van der Waals surface area contributed by atoms with E-state index < -0.39 is 10.0 Å². The third-order valence-electron chi connectivity index (χ3n) is 4.32. The molecule has 1 aliphatic heterocycles. The van der Waals surface area contributed by atoms with Crippen LogP contribution in [0.25, 0.3) is 0 Å². The van der Waals surface area contributed by atoms with Gasteiger partial charge in [-0.15, -0.1) is 0 Å². The van der Waals surface area contributed by atoms with Crippen LogP contribution >= 0.6 is 0 Å². The number of hydrogen-bond donors (Lipinski definition) is 1. The Kier molecular flexibility index (Phi) is 5.58. The number of carbonyl (C=O) groups is 1. The van der Waals surface area contributed by atoms with Crippen LogP contribution in [0.15, 0.2) is 54.6 Å². The molecule has 1 N–H and O–H groups in total. The van der Waals surface area contributed by atoms with Crippen molar-refractivity contribution in [2.45, 2.75) is 12.8 Å². The van der Waals surface area contributed by atoms with E-state index in [0.29, 0.717) is 30.8 Å². The minimum absolute atomic E-state index is 0.157. The molecule has 1 aliphatic rings. The van der Waals surface area contributed by atoms with Gasteiger partial charge in [0.15, 0.2) is 0 Å². The largest absolute Gasteiger partial charge is 0.457 e. The number of amides is 1. The monoisotopic (exact) mass is 374 g/mol. The summed E-state index contributed by atoms with van der Waals surface area (Å²) in [5.41, 5.74) is 0.659. The molecule has 1 atom stereocenters. The number of carbonyl (C=O) groups excluding carboxylic acids is 1. The lowest BCUT2D eigenvalue weighted by Crippen LogP contribution is -2.43. The van der Waals surface area contributed by atoms with Gasteiger partial charge in [0.25, 0.3) is 0 Å². The maximum atomic E-state index is 12.5. The van der Waals surface area contributed by atoms with Gasteiger partial charge in [-0.05, 0) is 49.2 Å². The average molecular weight is 374 g/mol. The van der Waals surface area contributed by atoms with E-state index in [4.69, 9.17) is 4.74 Å².